The molecule has 0 unspecified atom stereocenters. The molecular weight excluding hydrogens is 229 g/mol. The van der Waals surface area contributed by atoms with Crippen LogP contribution in [-0.4, -0.2) is 12.1 Å². The number of nitrogens with zero attached hydrogens (tertiary/aromatic N) is 1. The predicted octanol–water partition coefficient (Wildman–Crippen LogP) is 2.59. The van der Waals surface area contributed by atoms with Crippen LogP contribution in [0.15, 0.2) is 16.9 Å². The minimum Gasteiger partial charge on any atom is -0.496 e. The number of rotatable bonds is 2. The maximum atomic E-state index is 5.67. The van der Waals surface area contributed by atoms with E-state index >= 15 is 0 Å². The highest BCUT2D eigenvalue weighted by atomic mass is 79.9. The van der Waals surface area contributed by atoms with Crippen molar-refractivity contribution in [2.45, 2.75) is 5.88 Å². The monoisotopic (exact) mass is 235 g/mol. The molecule has 1 rings (SSSR count). The number of aromatic nitrogens is 1. The average molecular weight is 236 g/mol. The first-order valence-corrected chi connectivity index (χ1v) is 4.35. The molecule has 0 aliphatic rings. The van der Waals surface area contributed by atoms with Crippen LogP contribution in [-0.2, 0) is 5.88 Å². The van der Waals surface area contributed by atoms with Gasteiger partial charge in [0.15, 0.2) is 0 Å². The first kappa shape index (κ1) is 8.81. The Morgan fingerprint density at radius 1 is 1.73 bits per heavy atom. The van der Waals surface area contributed by atoms with Crippen molar-refractivity contribution in [3.63, 3.8) is 0 Å². The summed E-state index contributed by atoms with van der Waals surface area (Å²) in [7, 11) is 1.61. The van der Waals surface area contributed by atoms with Crippen LogP contribution >= 0.6 is 27.5 Å². The standard InChI is InChI=1S/C7H7BrClNO/c1-11-6-2-3-10-7(8)5(6)4-9/h2-3H,4H2,1H3. The topological polar surface area (TPSA) is 22.1 Å². The fourth-order valence-electron chi connectivity index (χ4n) is 0.763. The summed E-state index contributed by atoms with van der Waals surface area (Å²) in [6, 6.07) is 1.78. The lowest BCUT2D eigenvalue weighted by atomic mass is 10.3. The molecule has 0 spiro atoms. The third-order valence-electron chi connectivity index (χ3n) is 1.31. The lowest BCUT2D eigenvalue weighted by molar-refractivity contribution is 0.410. The van der Waals surface area contributed by atoms with E-state index in [9.17, 15) is 0 Å². The highest BCUT2D eigenvalue weighted by Crippen LogP contribution is 2.25. The predicted molar refractivity (Wildman–Crippen MR) is 48.0 cm³/mol. The Hall–Kier alpha value is -0.280. The molecule has 0 bridgehead atoms. The van der Waals surface area contributed by atoms with E-state index < -0.39 is 0 Å². The normalized spacial score (nSPS) is 9.73. The summed E-state index contributed by atoms with van der Waals surface area (Å²) < 4.78 is 5.81. The number of hydrogen-bond acceptors (Lipinski definition) is 2. The molecule has 11 heavy (non-hydrogen) atoms. The van der Waals surface area contributed by atoms with Crippen molar-refractivity contribution in [2.75, 3.05) is 7.11 Å². The lowest BCUT2D eigenvalue weighted by Crippen LogP contribution is -1.91. The minimum absolute atomic E-state index is 0.400. The van der Waals surface area contributed by atoms with Gasteiger partial charge in [0.05, 0.1) is 13.0 Å². The molecule has 0 amide bonds. The molecule has 0 aliphatic carbocycles. The van der Waals surface area contributed by atoms with Crippen molar-refractivity contribution in [2.24, 2.45) is 0 Å². The number of methoxy groups -OCH3 is 1. The summed E-state index contributed by atoms with van der Waals surface area (Å²) in [6.07, 6.45) is 1.67. The fourth-order valence-corrected chi connectivity index (χ4v) is 1.64. The van der Waals surface area contributed by atoms with Crippen LogP contribution in [0, 0.1) is 0 Å². The van der Waals surface area contributed by atoms with E-state index in [1.165, 1.54) is 0 Å². The van der Waals surface area contributed by atoms with E-state index in [2.05, 4.69) is 20.9 Å². The third-order valence-corrected chi connectivity index (χ3v) is 2.26. The van der Waals surface area contributed by atoms with Gasteiger partial charge in [-0.05, 0) is 22.0 Å². The van der Waals surface area contributed by atoms with Crippen molar-refractivity contribution in [3.05, 3.63) is 22.4 Å². The molecule has 0 radical (unpaired) electrons. The average Bonchev–Trinajstić information content (AvgIpc) is 2.04. The molecule has 0 fully saturated rings. The Kier molecular flexibility index (Phi) is 3.15. The van der Waals surface area contributed by atoms with E-state index in [4.69, 9.17) is 16.3 Å². The molecular formula is C7H7BrClNO. The SMILES string of the molecule is COc1ccnc(Br)c1CCl. The summed E-state index contributed by atoms with van der Waals surface area (Å²) in [5, 5.41) is 0. The van der Waals surface area contributed by atoms with Crippen LogP contribution in [0.4, 0.5) is 0 Å². The van der Waals surface area contributed by atoms with Crippen LogP contribution < -0.4 is 4.74 Å². The van der Waals surface area contributed by atoms with Crippen molar-refractivity contribution >= 4 is 27.5 Å². The van der Waals surface area contributed by atoms with Crippen LogP contribution in [0.5, 0.6) is 5.75 Å². The van der Waals surface area contributed by atoms with Gasteiger partial charge >= 0.3 is 0 Å². The maximum Gasteiger partial charge on any atom is 0.127 e. The number of halogens is 2. The number of pyridine rings is 1. The lowest BCUT2D eigenvalue weighted by Gasteiger charge is -2.05. The molecule has 0 saturated heterocycles. The van der Waals surface area contributed by atoms with Crippen LogP contribution in [0.1, 0.15) is 5.56 Å². The second-order valence-corrected chi connectivity index (χ2v) is 2.93. The van der Waals surface area contributed by atoms with Crippen LogP contribution in [0.3, 0.4) is 0 Å². The second-order valence-electron chi connectivity index (χ2n) is 1.92. The molecule has 1 heterocycles. The zero-order chi connectivity index (χ0) is 8.27. The Bertz CT molecular complexity index is 254. The van der Waals surface area contributed by atoms with Gasteiger partial charge in [-0.2, -0.15) is 0 Å². The Balaban J connectivity index is 3.13. The second kappa shape index (κ2) is 3.93. The van der Waals surface area contributed by atoms with Gasteiger partial charge in [0, 0.05) is 11.8 Å². The molecule has 0 saturated carbocycles. The largest absolute Gasteiger partial charge is 0.496 e. The van der Waals surface area contributed by atoms with Crippen molar-refractivity contribution in [1.82, 2.24) is 4.98 Å². The summed E-state index contributed by atoms with van der Waals surface area (Å²) in [6.45, 7) is 0. The summed E-state index contributed by atoms with van der Waals surface area (Å²) >= 11 is 8.94. The molecule has 0 aromatic carbocycles. The van der Waals surface area contributed by atoms with Crippen LogP contribution in [0.2, 0.25) is 0 Å². The van der Waals surface area contributed by atoms with Gasteiger partial charge in [-0.25, -0.2) is 4.98 Å². The highest BCUT2D eigenvalue weighted by molar-refractivity contribution is 9.10. The maximum absolute atomic E-state index is 5.67. The van der Waals surface area contributed by atoms with E-state index in [1.54, 1.807) is 19.4 Å². The minimum atomic E-state index is 0.400. The molecule has 4 heteroatoms. The van der Waals surface area contributed by atoms with Gasteiger partial charge in [0.1, 0.15) is 10.4 Å². The highest BCUT2D eigenvalue weighted by Gasteiger charge is 2.05. The van der Waals surface area contributed by atoms with Gasteiger partial charge in [-0.3, -0.25) is 0 Å². The quantitative estimate of drug-likeness (QED) is 0.582. The zero-order valence-electron chi connectivity index (χ0n) is 5.97. The van der Waals surface area contributed by atoms with Gasteiger partial charge in [-0.15, -0.1) is 11.6 Å². The molecule has 1 aromatic heterocycles. The van der Waals surface area contributed by atoms with Gasteiger partial charge in [0.2, 0.25) is 0 Å². The Morgan fingerprint density at radius 2 is 2.45 bits per heavy atom. The molecule has 2 nitrogen and oxygen atoms in total. The first-order valence-electron chi connectivity index (χ1n) is 3.03. The van der Waals surface area contributed by atoms with Gasteiger partial charge in [-0.1, -0.05) is 0 Å². The van der Waals surface area contributed by atoms with Crippen LogP contribution in [0.25, 0.3) is 0 Å². The van der Waals surface area contributed by atoms with Crippen molar-refractivity contribution in [1.29, 1.82) is 0 Å². The molecule has 60 valence electrons. The van der Waals surface area contributed by atoms with Gasteiger partial charge in [0.25, 0.3) is 0 Å². The Labute approximate surface area is 78.7 Å². The number of ether oxygens (including phenoxy) is 1. The van der Waals surface area contributed by atoms with Crippen molar-refractivity contribution in [3.8, 4) is 5.75 Å². The fraction of sp³-hybridized carbons (Fsp3) is 0.286. The smallest absolute Gasteiger partial charge is 0.127 e. The van der Waals surface area contributed by atoms with Crippen molar-refractivity contribution < 1.29 is 4.74 Å². The Morgan fingerprint density at radius 3 is 2.91 bits per heavy atom. The van der Waals surface area contributed by atoms with E-state index in [-0.39, 0.29) is 0 Å². The molecule has 1 aromatic rings. The zero-order valence-corrected chi connectivity index (χ0v) is 8.32. The summed E-state index contributed by atoms with van der Waals surface area (Å²) in [4.78, 5) is 4.01. The van der Waals surface area contributed by atoms with E-state index in [0.717, 1.165) is 15.9 Å². The molecule has 0 N–H and O–H groups in total. The van der Waals surface area contributed by atoms with E-state index in [1.807, 2.05) is 0 Å². The van der Waals surface area contributed by atoms with E-state index in [0.29, 0.717) is 5.88 Å². The summed E-state index contributed by atoms with van der Waals surface area (Å²) in [5.41, 5.74) is 0.886. The number of hydrogen-bond donors (Lipinski definition) is 0. The van der Waals surface area contributed by atoms with Gasteiger partial charge < -0.3 is 4.74 Å². The summed E-state index contributed by atoms with van der Waals surface area (Å²) in [5.74, 6) is 1.17. The number of alkyl halides is 1. The molecule has 0 atom stereocenters. The third kappa shape index (κ3) is 1.84. The first-order chi connectivity index (χ1) is 5.29. The molecule has 0 aliphatic heterocycles.